The van der Waals surface area contributed by atoms with Crippen LogP contribution in [0.3, 0.4) is 0 Å². The second kappa shape index (κ2) is 15.5. The Morgan fingerprint density at radius 3 is 2.43 bits per heavy atom. The number of hydrogen-bond acceptors (Lipinski definition) is 10. The average Bonchev–Trinajstić information content (AvgIpc) is 2.88. The van der Waals surface area contributed by atoms with Crippen molar-refractivity contribution in [3.05, 3.63) is 48.3 Å². The van der Waals surface area contributed by atoms with Gasteiger partial charge in [0.05, 0.1) is 19.6 Å². The summed E-state index contributed by atoms with van der Waals surface area (Å²) in [5.74, 6) is -1.48. The fourth-order valence-corrected chi connectivity index (χ4v) is 3.22. The summed E-state index contributed by atoms with van der Waals surface area (Å²) < 4.78 is 32.8. The molecule has 3 atom stereocenters. The molecule has 0 bridgehead atoms. The highest BCUT2D eigenvalue weighted by atomic mass is 16.7. The van der Waals surface area contributed by atoms with Gasteiger partial charge in [0.1, 0.15) is 11.9 Å². The second-order valence-electron chi connectivity index (χ2n) is 8.30. The summed E-state index contributed by atoms with van der Waals surface area (Å²) in [5, 5.41) is 0. The van der Waals surface area contributed by atoms with Gasteiger partial charge in [-0.05, 0) is 25.5 Å². The number of para-hydroxylation sites is 1. The van der Waals surface area contributed by atoms with Crippen molar-refractivity contribution in [2.75, 3.05) is 27.1 Å². The highest BCUT2D eigenvalue weighted by Gasteiger charge is 2.29. The summed E-state index contributed by atoms with van der Waals surface area (Å²) in [7, 11) is 1.40. The molecular formula is C27H35NO9. The first-order valence-electron chi connectivity index (χ1n) is 12.1. The normalized spacial score (nSPS) is 13.1. The summed E-state index contributed by atoms with van der Waals surface area (Å²) in [6.07, 6.45) is 0.827. The third kappa shape index (κ3) is 9.72. The van der Waals surface area contributed by atoms with Gasteiger partial charge >= 0.3 is 11.9 Å². The number of methoxy groups -OCH3 is 1. The van der Waals surface area contributed by atoms with Gasteiger partial charge in [0.15, 0.2) is 29.1 Å². The number of rotatable bonds is 16. The molecule has 0 aliphatic rings. The van der Waals surface area contributed by atoms with E-state index in [1.54, 1.807) is 13.8 Å². The Morgan fingerprint density at radius 1 is 1.05 bits per heavy atom. The molecule has 0 aliphatic carbocycles. The third-order valence-electron chi connectivity index (χ3n) is 5.20. The highest BCUT2D eigenvalue weighted by molar-refractivity contribution is 5.99. The van der Waals surface area contributed by atoms with Gasteiger partial charge in [-0.2, -0.15) is 0 Å². The third-order valence-corrected chi connectivity index (χ3v) is 5.20. The van der Waals surface area contributed by atoms with E-state index >= 15 is 0 Å². The fourth-order valence-electron chi connectivity index (χ4n) is 3.22. The number of pyridine rings is 1. The smallest absolute Gasteiger partial charge is 0.309 e. The minimum absolute atomic E-state index is 0.0209. The van der Waals surface area contributed by atoms with Gasteiger partial charge in [-0.1, -0.05) is 32.0 Å². The molecule has 10 heteroatoms. The van der Waals surface area contributed by atoms with E-state index in [9.17, 15) is 14.4 Å². The molecule has 1 heterocycles. The van der Waals surface area contributed by atoms with E-state index in [1.807, 2.05) is 37.3 Å². The number of ketones is 1. The topological polar surface area (TPSA) is 119 Å². The highest BCUT2D eigenvalue weighted by Crippen LogP contribution is 2.31. The van der Waals surface area contributed by atoms with Crippen LogP contribution in [0.5, 0.6) is 17.2 Å². The molecular weight excluding hydrogens is 482 g/mol. The molecule has 0 amide bonds. The lowest BCUT2D eigenvalue weighted by Crippen LogP contribution is -2.39. The maximum absolute atomic E-state index is 13.1. The molecule has 0 saturated carbocycles. The van der Waals surface area contributed by atoms with Crippen molar-refractivity contribution in [2.24, 2.45) is 5.92 Å². The van der Waals surface area contributed by atoms with Crippen LogP contribution in [0.4, 0.5) is 0 Å². The van der Waals surface area contributed by atoms with Crippen molar-refractivity contribution >= 4 is 17.7 Å². The number of hydrogen-bond donors (Lipinski definition) is 0. The lowest BCUT2D eigenvalue weighted by Gasteiger charge is -2.26. The molecule has 1 aromatic heterocycles. The first-order chi connectivity index (χ1) is 17.8. The Kier molecular flexibility index (Phi) is 12.3. The molecule has 202 valence electrons. The number of carbonyl (C=O) groups excluding carboxylic acids is 3. The molecule has 0 unspecified atom stereocenters. The van der Waals surface area contributed by atoms with E-state index in [-0.39, 0.29) is 30.2 Å². The lowest BCUT2D eigenvalue weighted by molar-refractivity contribution is -0.162. The van der Waals surface area contributed by atoms with Crippen molar-refractivity contribution in [3.63, 3.8) is 0 Å². The molecule has 0 saturated heterocycles. The zero-order valence-electron chi connectivity index (χ0n) is 21.9. The van der Waals surface area contributed by atoms with E-state index in [0.29, 0.717) is 12.4 Å². The summed E-state index contributed by atoms with van der Waals surface area (Å²) in [5.41, 5.74) is -0.0465. The summed E-state index contributed by atoms with van der Waals surface area (Å²) in [6, 6.07) is 10.7. The van der Waals surface area contributed by atoms with E-state index in [1.165, 1.54) is 26.3 Å². The number of benzene rings is 1. The van der Waals surface area contributed by atoms with Gasteiger partial charge in [-0.3, -0.25) is 14.4 Å². The average molecular weight is 518 g/mol. The van der Waals surface area contributed by atoms with Crippen LogP contribution >= 0.6 is 0 Å². The van der Waals surface area contributed by atoms with E-state index in [2.05, 4.69) is 4.98 Å². The van der Waals surface area contributed by atoms with Gasteiger partial charge in [-0.25, -0.2) is 4.98 Å². The van der Waals surface area contributed by atoms with Gasteiger partial charge in [0, 0.05) is 32.2 Å². The summed E-state index contributed by atoms with van der Waals surface area (Å²) in [4.78, 5) is 41.2. The molecule has 2 rings (SSSR count). The SMILES string of the molecule is CCCOC[C@@H](OC(=O)[C@H](C)CC(=O)c1nccc(OC)c1OCOC(C)=O)[C@H](C)Oc1ccccc1. The maximum atomic E-state index is 13.1. The largest absolute Gasteiger partial charge is 0.493 e. The first kappa shape index (κ1) is 29.6. The van der Waals surface area contributed by atoms with Crippen LogP contribution in [0.2, 0.25) is 0 Å². The number of esters is 2. The monoisotopic (exact) mass is 517 g/mol. The zero-order chi connectivity index (χ0) is 27.2. The van der Waals surface area contributed by atoms with Crippen LogP contribution in [-0.4, -0.2) is 62.0 Å². The lowest BCUT2D eigenvalue weighted by atomic mass is 10.0. The fraction of sp³-hybridized carbons (Fsp3) is 0.481. The van der Waals surface area contributed by atoms with Crippen LogP contribution in [0.25, 0.3) is 0 Å². The van der Waals surface area contributed by atoms with Crippen LogP contribution in [0.15, 0.2) is 42.6 Å². The number of carbonyl (C=O) groups is 3. The van der Waals surface area contributed by atoms with Gasteiger partial charge in [0.2, 0.25) is 6.79 Å². The Balaban J connectivity index is 2.08. The van der Waals surface area contributed by atoms with Crippen LogP contribution in [0, 0.1) is 5.92 Å². The van der Waals surface area contributed by atoms with Gasteiger partial charge < -0.3 is 28.4 Å². The molecule has 0 aliphatic heterocycles. The molecule has 2 aromatic rings. The number of ether oxygens (including phenoxy) is 6. The zero-order valence-corrected chi connectivity index (χ0v) is 21.9. The van der Waals surface area contributed by atoms with Crippen molar-refractivity contribution < 1.29 is 42.8 Å². The Labute approximate surface area is 217 Å². The van der Waals surface area contributed by atoms with E-state index < -0.39 is 42.6 Å². The molecule has 0 fully saturated rings. The minimum Gasteiger partial charge on any atom is -0.493 e. The molecule has 37 heavy (non-hydrogen) atoms. The summed E-state index contributed by atoms with van der Waals surface area (Å²) >= 11 is 0. The number of nitrogens with zero attached hydrogens (tertiary/aromatic N) is 1. The molecule has 0 radical (unpaired) electrons. The second-order valence-corrected chi connectivity index (χ2v) is 8.30. The number of Topliss-reactive ketones (excluding diaryl/α,β-unsaturated/α-hetero) is 1. The molecule has 0 spiro atoms. The van der Waals surface area contributed by atoms with E-state index in [0.717, 1.165) is 6.42 Å². The Hall–Kier alpha value is -3.66. The van der Waals surface area contributed by atoms with Crippen molar-refractivity contribution in [3.8, 4) is 17.2 Å². The Morgan fingerprint density at radius 2 is 1.78 bits per heavy atom. The van der Waals surface area contributed by atoms with Crippen molar-refractivity contribution in [1.82, 2.24) is 4.98 Å². The van der Waals surface area contributed by atoms with Crippen LogP contribution in [-0.2, 0) is 23.8 Å². The Bertz CT molecular complexity index is 1010. The quantitative estimate of drug-likeness (QED) is 0.140. The number of aromatic nitrogens is 1. The van der Waals surface area contributed by atoms with Crippen LogP contribution < -0.4 is 14.2 Å². The molecule has 10 nitrogen and oxygen atoms in total. The van der Waals surface area contributed by atoms with Crippen molar-refractivity contribution in [1.29, 1.82) is 0 Å². The first-order valence-corrected chi connectivity index (χ1v) is 12.1. The van der Waals surface area contributed by atoms with Crippen LogP contribution in [0.1, 0.15) is 51.0 Å². The predicted octanol–water partition coefficient (Wildman–Crippen LogP) is 4.00. The molecule has 1 aromatic carbocycles. The van der Waals surface area contributed by atoms with Gasteiger partial charge in [0.25, 0.3) is 0 Å². The molecule has 0 N–H and O–H groups in total. The predicted molar refractivity (Wildman–Crippen MR) is 134 cm³/mol. The summed E-state index contributed by atoms with van der Waals surface area (Å²) in [6.45, 7) is 6.84. The van der Waals surface area contributed by atoms with E-state index in [4.69, 9.17) is 28.4 Å². The standard InChI is InChI=1S/C27H35NO9/c1-6-14-33-16-24(19(3)36-21-10-8-7-9-11-21)37-27(31)18(2)15-22(30)25-26(35-17-34-20(4)29)23(32-5)12-13-28-25/h7-13,18-19,24H,6,14-17H2,1-5H3/t18-,19+,24-/m1/s1. The van der Waals surface area contributed by atoms with Crippen molar-refractivity contribution in [2.45, 2.75) is 52.7 Å². The minimum atomic E-state index is -0.792. The van der Waals surface area contributed by atoms with Gasteiger partial charge in [-0.15, -0.1) is 0 Å². The maximum Gasteiger partial charge on any atom is 0.309 e.